The lowest BCUT2D eigenvalue weighted by atomic mass is 10.1. The molecule has 0 radical (unpaired) electrons. The summed E-state index contributed by atoms with van der Waals surface area (Å²) in [6.45, 7) is 5.73. The summed E-state index contributed by atoms with van der Waals surface area (Å²) >= 11 is 1.35. The molecule has 128 valence electrons. The van der Waals surface area contributed by atoms with Crippen molar-refractivity contribution in [3.8, 4) is 5.69 Å². The van der Waals surface area contributed by atoms with Crippen molar-refractivity contribution in [2.45, 2.75) is 31.2 Å². The fourth-order valence-corrected chi connectivity index (χ4v) is 3.55. The van der Waals surface area contributed by atoms with Gasteiger partial charge in [0.15, 0.2) is 10.9 Å². The Hall–Kier alpha value is -2.47. The highest BCUT2D eigenvalue weighted by Crippen LogP contribution is 2.28. The average Bonchev–Trinajstić information content (AvgIpc) is 2.96. The van der Waals surface area contributed by atoms with Crippen LogP contribution in [-0.4, -0.2) is 25.8 Å². The number of para-hydroxylation sites is 1. The fraction of sp³-hybridized carbons (Fsp3) is 0.211. The van der Waals surface area contributed by atoms with Crippen molar-refractivity contribution in [2.75, 3.05) is 0 Å². The molecule has 0 amide bonds. The van der Waals surface area contributed by atoms with E-state index in [9.17, 15) is 9.18 Å². The van der Waals surface area contributed by atoms with Crippen molar-refractivity contribution in [3.63, 3.8) is 0 Å². The van der Waals surface area contributed by atoms with Crippen LogP contribution in [0.3, 0.4) is 0 Å². The Morgan fingerprint density at radius 3 is 2.44 bits per heavy atom. The van der Waals surface area contributed by atoms with Crippen LogP contribution in [0.1, 0.15) is 28.7 Å². The molecule has 1 unspecified atom stereocenters. The van der Waals surface area contributed by atoms with Gasteiger partial charge in [-0.15, -0.1) is 10.2 Å². The Balaban J connectivity index is 1.88. The van der Waals surface area contributed by atoms with E-state index in [1.807, 2.05) is 49.6 Å². The monoisotopic (exact) mass is 355 g/mol. The lowest BCUT2D eigenvalue weighted by Crippen LogP contribution is -2.15. The standard InChI is InChI=1S/C19H18FN3OS/c1-12-6-4-5-7-17(12)23-14(3)21-22-19(23)25-13(2)18(24)15-8-10-16(20)11-9-15/h4-11,13H,1-3H3. The number of halogens is 1. The van der Waals surface area contributed by atoms with Gasteiger partial charge in [-0.3, -0.25) is 9.36 Å². The highest BCUT2D eigenvalue weighted by atomic mass is 32.2. The molecule has 0 bridgehead atoms. The van der Waals surface area contributed by atoms with E-state index in [0.717, 1.165) is 17.1 Å². The number of aromatic nitrogens is 3. The van der Waals surface area contributed by atoms with Crippen LogP contribution in [0, 0.1) is 19.7 Å². The number of aryl methyl sites for hydroxylation is 2. The lowest BCUT2D eigenvalue weighted by molar-refractivity contribution is 0.0994. The minimum absolute atomic E-state index is 0.0676. The Kier molecular flexibility index (Phi) is 4.99. The van der Waals surface area contributed by atoms with E-state index in [0.29, 0.717) is 10.7 Å². The van der Waals surface area contributed by atoms with Crippen LogP contribution in [0.5, 0.6) is 0 Å². The minimum Gasteiger partial charge on any atom is -0.293 e. The molecular weight excluding hydrogens is 337 g/mol. The highest BCUT2D eigenvalue weighted by molar-refractivity contribution is 8.00. The molecule has 3 aromatic rings. The number of nitrogens with zero attached hydrogens (tertiary/aromatic N) is 3. The molecule has 0 saturated heterocycles. The minimum atomic E-state index is -0.364. The van der Waals surface area contributed by atoms with Crippen molar-refractivity contribution in [2.24, 2.45) is 0 Å². The molecule has 0 spiro atoms. The van der Waals surface area contributed by atoms with Crippen LogP contribution >= 0.6 is 11.8 Å². The molecule has 1 atom stereocenters. The molecule has 0 aliphatic heterocycles. The largest absolute Gasteiger partial charge is 0.293 e. The molecule has 0 N–H and O–H groups in total. The van der Waals surface area contributed by atoms with Gasteiger partial charge >= 0.3 is 0 Å². The van der Waals surface area contributed by atoms with Crippen LogP contribution in [-0.2, 0) is 0 Å². The van der Waals surface area contributed by atoms with Crippen LogP contribution in [0.25, 0.3) is 5.69 Å². The van der Waals surface area contributed by atoms with Crippen LogP contribution < -0.4 is 0 Å². The molecule has 0 aliphatic rings. The number of carbonyl (C=O) groups excluding carboxylic acids is 1. The van der Waals surface area contributed by atoms with Crippen molar-refractivity contribution in [1.82, 2.24) is 14.8 Å². The molecule has 25 heavy (non-hydrogen) atoms. The highest BCUT2D eigenvalue weighted by Gasteiger charge is 2.21. The van der Waals surface area contributed by atoms with Crippen LogP contribution in [0.4, 0.5) is 4.39 Å². The summed E-state index contributed by atoms with van der Waals surface area (Å²) in [5.41, 5.74) is 2.58. The van der Waals surface area contributed by atoms with Crippen molar-refractivity contribution >= 4 is 17.5 Å². The smallest absolute Gasteiger partial charge is 0.196 e. The van der Waals surface area contributed by atoms with E-state index in [1.165, 1.54) is 36.0 Å². The molecular formula is C19H18FN3OS. The quantitative estimate of drug-likeness (QED) is 0.503. The van der Waals surface area contributed by atoms with Gasteiger partial charge in [0.25, 0.3) is 0 Å². The van der Waals surface area contributed by atoms with Crippen molar-refractivity contribution in [3.05, 3.63) is 71.3 Å². The van der Waals surface area contributed by atoms with E-state index in [1.54, 1.807) is 0 Å². The summed E-state index contributed by atoms with van der Waals surface area (Å²) in [5, 5.41) is 8.69. The van der Waals surface area contributed by atoms with Gasteiger partial charge in [0.1, 0.15) is 11.6 Å². The zero-order valence-corrected chi connectivity index (χ0v) is 15.0. The second-order valence-electron chi connectivity index (χ2n) is 5.78. The Bertz CT molecular complexity index is 905. The number of rotatable bonds is 5. The number of Topliss-reactive ketones (excluding diaryl/α,β-unsaturated/α-hetero) is 1. The number of ketones is 1. The van der Waals surface area contributed by atoms with Crippen LogP contribution in [0.2, 0.25) is 0 Å². The summed E-state index contributed by atoms with van der Waals surface area (Å²) in [6.07, 6.45) is 0. The first kappa shape index (κ1) is 17.4. The zero-order chi connectivity index (χ0) is 18.0. The molecule has 3 rings (SSSR count). The Morgan fingerprint density at radius 1 is 1.08 bits per heavy atom. The first-order valence-corrected chi connectivity index (χ1v) is 8.80. The molecule has 4 nitrogen and oxygen atoms in total. The fourth-order valence-electron chi connectivity index (χ4n) is 2.57. The topological polar surface area (TPSA) is 47.8 Å². The number of benzene rings is 2. The molecule has 2 aromatic carbocycles. The van der Waals surface area contributed by atoms with Gasteiger partial charge in [-0.05, 0) is 56.7 Å². The maximum absolute atomic E-state index is 13.0. The third kappa shape index (κ3) is 3.64. The summed E-state index contributed by atoms with van der Waals surface area (Å²) in [6, 6.07) is 13.6. The predicted molar refractivity (Wildman–Crippen MR) is 96.9 cm³/mol. The first-order valence-electron chi connectivity index (χ1n) is 7.92. The SMILES string of the molecule is Cc1ccccc1-n1c(C)nnc1SC(C)C(=O)c1ccc(F)cc1. The summed E-state index contributed by atoms with van der Waals surface area (Å²) in [5.74, 6) is 0.340. The summed E-state index contributed by atoms with van der Waals surface area (Å²) < 4.78 is 15.0. The molecule has 1 aromatic heterocycles. The van der Waals surface area contributed by atoms with Gasteiger partial charge in [0, 0.05) is 5.56 Å². The number of hydrogen-bond acceptors (Lipinski definition) is 4. The van der Waals surface area contributed by atoms with Crippen molar-refractivity contribution in [1.29, 1.82) is 0 Å². The van der Waals surface area contributed by atoms with Gasteiger partial charge in [-0.2, -0.15) is 0 Å². The summed E-state index contributed by atoms with van der Waals surface area (Å²) in [7, 11) is 0. The average molecular weight is 355 g/mol. The van der Waals surface area contributed by atoms with Gasteiger partial charge in [-0.1, -0.05) is 30.0 Å². The third-order valence-corrected chi connectivity index (χ3v) is 4.97. The van der Waals surface area contributed by atoms with Crippen LogP contribution in [0.15, 0.2) is 53.7 Å². The molecule has 6 heteroatoms. The third-order valence-electron chi connectivity index (χ3n) is 3.93. The Morgan fingerprint density at radius 2 is 1.76 bits per heavy atom. The van der Waals surface area contributed by atoms with Gasteiger partial charge in [0.2, 0.25) is 0 Å². The Labute approximate surface area is 150 Å². The maximum Gasteiger partial charge on any atom is 0.196 e. The number of carbonyl (C=O) groups is 1. The zero-order valence-electron chi connectivity index (χ0n) is 14.2. The molecule has 1 heterocycles. The predicted octanol–water partition coefficient (Wildman–Crippen LogP) is 4.39. The number of hydrogen-bond donors (Lipinski definition) is 0. The normalized spacial score (nSPS) is 12.2. The van der Waals surface area contributed by atoms with E-state index in [2.05, 4.69) is 10.2 Å². The van der Waals surface area contributed by atoms with Gasteiger partial charge in [-0.25, -0.2) is 4.39 Å². The first-order chi connectivity index (χ1) is 12.0. The van der Waals surface area contributed by atoms with E-state index < -0.39 is 0 Å². The van der Waals surface area contributed by atoms with Crippen molar-refractivity contribution < 1.29 is 9.18 Å². The summed E-state index contributed by atoms with van der Waals surface area (Å²) in [4.78, 5) is 12.6. The van der Waals surface area contributed by atoms with E-state index in [4.69, 9.17) is 0 Å². The number of thioether (sulfide) groups is 1. The molecule has 0 fully saturated rings. The van der Waals surface area contributed by atoms with Gasteiger partial charge in [0.05, 0.1) is 10.9 Å². The second-order valence-corrected chi connectivity index (χ2v) is 7.09. The molecule has 0 saturated carbocycles. The van der Waals surface area contributed by atoms with Gasteiger partial charge < -0.3 is 0 Å². The second kappa shape index (κ2) is 7.19. The maximum atomic E-state index is 13.0. The van der Waals surface area contributed by atoms with E-state index >= 15 is 0 Å². The molecule has 0 aliphatic carbocycles. The lowest BCUT2D eigenvalue weighted by Gasteiger charge is -2.13. The van der Waals surface area contributed by atoms with E-state index in [-0.39, 0.29) is 16.9 Å².